The quantitative estimate of drug-likeness (QED) is 0.841. The van der Waals surface area contributed by atoms with E-state index >= 15 is 0 Å². The lowest BCUT2D eigenvalue weighted by molar-refractivity contribution is 0.0774. The zero-order valence-electron chi connectivity index (χ0n) is 11.8. The molecule has 2 rings (SSSR count). The first-order valence-electron chi connectivity index (χ1n) is 6.15. The van der Waals surface area contributed by atoms with Gasteiger partial charge in [0.05, 0.1) is 27.0 Å². The highest BCUT2D eigenvalue weighted by Crippen LogP contribution is 2.23. The summed E-state index contributed by atoms with van der Waals surface area (Å²) in [6.07, 6.45) is 1.59. The van der Waals surface area contributed by atoms with E-state index in [4.69, 9.17) is 13.9 Å². The molecule has 0 atom stereocenters. The van der Waals surface area contributed by atoms with E-state index in [9.17, 15) is 4.79 Å². The first kappa shape index (κ1) is 14.0. The Labute approximate surface area is 117 Å². The van der Waals surface area contributed by atoms with E-state index in [1.165, 1.54) is 0 Å². The molecule has 1 aromatic carbocycles. The van der Waals surface area contributed by atoms with Crippen molar-refractivity contribution in [3.63, 3.8) is 0 Å². The molecular formula is C15H17NO4. The summed E-state index contributed by atoms with van der Waals surface area (Å²) < 4.78 is 15.6. The Morgan fingerprint density at radius 1 is 1.20 bits per heavy atom. The lowest BCUT2D eigenvalue weighted by atomic mass is 10.1. The molecule has 0 unspecified atom stereocenters. The maximum absolute atomic E-state index is 12.4. The Morgan fingerprint density at radius 3 is 2.35 bits per heavy atom. The highest BCUT2D eigenvalue weighted by molar-refractivity contribution is 5.94. The molecule has 0 saturated heterocycles. The van der Waals surface area contributed by atoms with E-state index < -0.39 is 0 Å². The van der Waals surface area contributed by atoms with Crippen LogP contribution in [0.25, 0.3) is 0 Å². The van der Waals surface area contributed by atoms with Crippen molar-refractivity contribution < 1.29 is 18.7 Å². The Bertz CT molecular complexity index is 555. The molecule has 1 amide bonds. The Hall–Kier alpha value is -2.43. The van der Waals surface area contributed by atoms with Gasteiger partial charge in [0.25, 0.3) is 5.91 Å². The van der Waals surface area contributed by atoms with Crippen molar-refractivity contribution in [3.05, 3.63) is 47.9 Å². The minimum Gasteiger partial charge on any atom is -0.497 e. The van der Waals surface area contributed by atoms with Crippen LogP contribution in [0.5, 0.6) is 11.5 Å². The second-order valence-electron chi connectivity index (χ2n) is 4.34. The third-order valence-electron chi connectivity index (χ3n) is 2.92. The molecule has 0 saturated carbocycles. The minimum atomic E-state index is -0.126. The van der Waals surface area contributed by atoms with Gasteiger partial charge >= 0.3 is 0 Å². The molecule has 0 spiro atoms. The summed E-state index contributed by atoms with van der Waals surface area (Å²) in [6.45, 7) is 0.408. The van der Waals surface area contributed by atoms with Gasteiger partial charge in [-0.3, -0.25) is 4.79 Å². The second kappa shape index (κ2) is 6.14. The molecule has 1 heterocycles. The maximum atomic E-state index is 12.4. The highest BCUT2D eigenvalue weighted by Gasteiger charge is 2.15. The van der Waals surface area contributed by atoms with Crippen molar-refractivity contribution in [2.75, 3.05) is 21.3 Å². The topological polar surface area (TPSA) is 51.9 Å². The molecular weight excluding hydrogens is 258 g/mol. The van der Waals surface area contributed by atoms with Gasteiger partial charge in [-0.25, -0.2) is 0 Å². The number of hydrogen-bond donors (Lipinski definition) is 0. The van der Waals surface area contributed by atoms with Crippen LogP contribution in [0.15, 0.2) is 41.0 Å². The predicted molar refractivity (Wildman–Crippen MR) is 74.1 cm³/mol. The van der Waals surface area contributed by atoms with Crippen LogP contribution in [-0.2, 0) is 6.54 Å². The monoisotopic (exact) mass is 275 g/mol. The molecule has 20 heavy (non-hydrogen) atoms. The van der Waals surface area contributed by atoms with Crippen molar-refractivity contribution in [2.45, 2.75) is 6.54 Å². The molecule has 0 radical (unpaired) electrons. The molecule has 0 aliphatic carbocycles. The average molecular weight is 275 g/mol. The fourth-order valence-corrected chi connectivity index (χ4v) is 1.86. The highest BCUT2D eigenvalue weighted by atomic mass is 16.5. The number of hydrogen-bond acceptors (Lipinski definition) is 4. The number of carbonyl (C=O) groups is 1. The number of ether oxygens (including phenoxy) is 2. The summed E-state index contributed by atoms with van der Waals surface area (Å²) >= 11 is 0. The van der Waals surface area contributed by atoms with Crippen molar-refractivity contribution in [1.82, 2.24) is 4.90 Å². The van der Waals surface area contributed by atoms with Crippen LogP contribution in [0.2, 0.25) is 0 Å². The van der Waals surface area contributed by atoms with Gasteiger partial charge in [-0.15, -0.1) is 0 Å². The lowest BCUT2D eigenvalue weighted by Gasteiger charge is -2.16. The summed E-state index contributed by atoms with van der Waals surface area (Å²) in [6, 6.07) is 8.72. The van der Waals surface area contributed by atoms with Crippen molar-refractivity contribution in [1.29, 1.82) is 0 Å². The van der Waals surface area contributed by atoms with E-state index in [0.29, 0.717) is 23.6 Å². The fraction of sp³-hybridized carbons (Fsp3) is 0.267. The van der Waals surface area contributed by atoms with E-state index in [2.05, 4.69) is 0 Å². The number of rotatable bonds is 5. The van der Waals surface area contributed by atoms with E-state index in [0.717, 1.165) is 5.76 Å². The number of amides is 1. The van der Waals surface area contributed by atoms with Crippen LogP contribution in [0.4, 0.5) is 0 Å². The molecule has 5 nitrogen and oxygen atoms in total. The van der Waals surface area contributed by atoms with E-state index in [1.54, 1.807) is 56.7 Å². The molecule has 106 valence electrons. The van der Waals surface area contributed by atoms with Crippen LogP contribution in [0.1, 0.15) is 16.1 Å². The maximum Gasteiger partial charge on any atom is 0.254 e. The first-order chi connectivity index (χ1) is 9.63. The number of nitrogens with zero attached hydrogens (tertiary/aromatic N) is 1. The third kappa shape index (κ3) is 3.12. The lowest BCUT2D eigenvalue weighted by Crippen LogP contribution is -2.26. The van der Waals surface area contributed by atoms with Gasteiger partial charge in [0.15, 0.2) is 0 Å². The van der Waals surface area contributed by atoms with Crippen LogP contribution in [0.3, 0.4) is 0 Å². The molecule has 5 heteroatoms. The largest absolute Gasteiger partial charge is 0.497 e. The summed E-state index contributed by atoms with van der Waals surface area (Å²) in [5.74, 6) is 1.77. The molecule has 0 aliphatic heterocycles. The number of benzene rings is 1. The van der Waals surface area contributed by atoms with Crippen LogP contribution >= 0.6 is 0 Å². The predicted octanol–water partition coefficient (Wildman–Crippen LogP) is 2.57. The van der Waals surface area contributed by atoms with Gasteiger partial charge in [0, 0.05) is 18.7 Å². The van der Waals surface area contributed by atoms with Crippen molar-refractivity contribution >= 4 is 5.91 Å². The molecule has 0 N–H and O–H groups in total. The van der Waals surface area contributed by atoms with Gasteiger partial charge in [-0.05, 0) is 24.3 Å². The normalized spacial score (nSPS) is 10.2. The molecule has 0 bridgehead atoms. The summed E-state index contributed by atoms with van der Waals surface area (Å²) in [5.41, 5.74) is 0.509. The second-order valence-corrected chi connectivity index (χ2v) is 4.34. The number of methoxy groups -OCH3 is 2. The molecule has 1 aromatic heterocycles. The zero-order chi connectivity index (χ0) is 14.5. The Balaban J connectivity index is 2.19. The summed E-state index contributed by atoms with van der Waals surface area (Å²) in [7, 11) is 4.82. The number of carbonyl (C=O) groups excluding carboxylic acids is 1. The Kier molecular flexibility index (Phi) is 4.30. The minimum absolute atomic E-state index is 0.126. The third-order valence-corrected chi connectivity index (χ3v) is 2.92. The molecule has 2 aromatic rings. The standard InChI is InChI=1S/C15H17NO4/c1-16(10-12-5-4-6-20-12)15(17)11-7-13(18-2)9-14(8-11)19-3/h4-9H,10H2,1-3H3. The van der Waals surface area contributed by atoms with Gasteiger partial charge in [-0.2, -0.15) is 0 Å². The van der Waals surface area contributed by atoms with Crippen molar-refractivity contribution in [2.24, 2.45) is 0 Å². The average Bonchev–Trinajstić information content (AvgIpc) is 2.98. The number of furan rings is 1. The van der Waals surface area contributed by atoms with Crippen LogP contribution < -0.4 is 9.47 Å². The first-order valence-corrected chi connectivity index (χ1v) is 6.15. The zero-order valence-corrected chi connectivity index (χ0v) is 11.8. The van der Waals surface area contributed by atoms with Gasteiger partial charge in [-0.1, -0.05) is 0 Å². The molecule has 0 aliphatic rings. The van der Waals surface area contributed by atoms with Gasteiger partial charge < -0.3 is 18.8 Å². The molecule has 0 fully saturated rings. The van der Waals surface area contributed by atoms with Crippen LogP contribution in [0, 0.1) is 0 Å². The summed E-state index contributed by atoms with van der Waals surface area (Å²) in [5, 5.41) is 0. The fourth-order valence-electron chi connectivity index (χ4n) is 1.86. The van der Waals surface area contributed by atoms with E-state index in [1.807, 2.05) is 6.07 Å². The van der Waals surface area contributed by atoms with Crippen LogP contribution in [-0.4, -0.2) is 32.1 Å². The SMILES string of the molecule is COc1cc(OC)cc(C(=O)N(C)Cc2ccco2)c1. The van der Waals surface area contributed by atoms with Gasteiger partial charge in [0.2, 0.25) is 0 Å². The summed E-state index contributed by atoms with van der Waals surface area (Å²) in [4.78, 5) is 14.0. The van der Waals surface area contributed by atoms with Gasteiger partial charge in [0.1, 0.15) is 17.3 Å². The smallest absolute Gasteiger partial charge is 0.254 e. The van der Waals surface area contributed by atoms with E-state index in [-0.39, 0.29) is 5.91 Å². The van der Waals surface area contributed by atoms with Crippen molar-refractivity contribution in [3.8, 4) is 11.5 Å². The Morgan fingerprint density at radius 2 is 1.85 bits per heavy atom.